The van der Waals surface area contributed by atoms with Crippen molar-refractivity contribution in [1.29, 1.82) is 0 Å². The number of nitrogens with zero attached hydrogens (tertiary/aromatic N) is 1. The summed E-state index contributed by atoms with van der Waals surface area (Å²) >= 11 is 0. The van der Waals surface area contributed by atoms with Gasteiger partial charge in [-0.3, -0.25) is 19.3 Å². The second-order valence-corrected chi connectivity index (χ2v) is 13.6. The molecule has 13 heteroatoms. The lowest BCUT2D eigenvalue weighted by Gasteiger charge is -2.53. The number of para-hydroxylation sites is 1. The van der Waals surface area contributed by atoms with E-state index in [0.29, 0.717) is 0 Å². The summed E-state index contributed by atoms with van der Waals surface area (Å²) in [6, 6.07) is 11.3. The van der Waals surface area contributed by atoms with E-state index >= 15 is 0 Å². The third kappa shape index (κ3) is 4.69. The first-order chi connectivity index (χ1) is 20.6. The van der Waals surface area contributed by atoms with Gasteiger partial charge in [-0.2, -0.15) is 0 Å². The Morgan fingerprint density at radius 2 is 1.70 bits per heavy atom. The van der Waals surface area contributed by atoms with Gasteiger partial charge < -0.3 is 34.2 Å². The first kappa shape index (κ1) is 31.6. The topological polar surface area (TPSA) is 180 Å². The zero-order valence-corrected chi connectivity index (χ0v) is 25.7. The minimum Gasteiger partial charge on any atom is -0.507 e. The third-order valence-electron chi connectivity index (χ3n) is 8.75. The molecule has 0 aliphatic heterocycles. The maximum atomic E-state index is 14.2. The second kappa shape index (κ2) is 11.0. The van der Waals surface area contributed by atoms with Crippen molar-refractivity contribution in [2.75, 3.05) is 27.6 Å². The number of aromatic hydroxyl groups is 1. The number of ketones is 3. The molecule has 2 aromatic rings. The fourth-order valence-electron chi connectivity index (χ4n) is 6.64. The van der Waals surface area contributed by atoms with E-state index in [0.717, 1.165) is 14.0 Å². The van der Waals surface area contributed by atoms with Gasteiger partial charge in [-0.25, -0.2) is 4.57 Å². The monoisotopic (exact) mass is 627 g/mol. The average Bonchev–Trinajstić information content (AvgIpc) is 2.96. The molecule has 5 rings (SSSR count). The van der Waals surface area contributed by atoms with Gasteiger partial charge in [0.25, 0.3) is 0 Å². The number of hydrogen-bond acceptors (Lipinski definition) is 12. The molecule has 3 aliphatic carbocycles. The molecule has 0 spiro atoms. The molecule has 4 N–H and O–H groups in total. The van der Waals surface area contributed by atoms with E-state index in [-0.39, 0.29) is 29.1 Å². The van der Waals surface area contributed by atoms with Crippen molar-refractivity contribution in [2.24, 2.45) is 11.8 Å². The predicted molar refractivity (Wildman–Crippen MR) is 157 cm³/mol. The van der Waals surface area contributed by atoms with Crippen LogP contribution < -0.4 is 4.52 Å². The van der Waals surface area contributed by atoms with Crippen LogP contribution in [0.3, 0.4) is 0 Å². The number of fused-ring (bicyclic) bond motifs is 3. The van der Waals surface area contributed by atoms with Gasteiger partial charge in [-0.1, -0.05) is 30.3 Å². The van der Waals surface area contributed by atoms with Crippen molar-refractivity contribution in [3.05, 3.63) is 76.6 Å². The number of aliphatic hydroxyl groups is 3. The fourth-order valence-corrected chi connectivity index (χ4v) is 7.62. The Kier molecular flexibility index (Phi) is 7.89. The number of phenolic OH excluding ortho intramolecular Hbond substituents is 1. The molecule has 44 heavy (non-hydrogen) atoms. The molecule has 12 nitrogen and oxygen atoms in total. The Bertz CT molecular complexity index is 1660. The van der Waals surface area contributed by atoms with Crippen molar-refractivity contribution in [3.8, 4) is 11.5 Å². The van der Waals surface area contributed by atoms with Crippen molar-refractivity contribution in [2.45, 2.75) is 37.5 Å². The van der Waals surface area contributed by atoms with E-state index in [1.807, 2.05) is 0 Å². The number of aliphatic hydroxyl groups excluding tert-OH is 1. The molecule has 1 saturated carbocycles. The molecule has 3 aliphatic rings. The van der Waals surface area contributed by atoms with Gasteiger partial charge in [-0.05, 0) is 58.1 Å². The molecule has 0 heterocycles. The van der Waals surface area contributed by atoms with E-state index in [1.54, 1.807) is 44.4 Å². The van der Waals surface area contributed by atoms with Crippen LogP contribution in [0.15, 0.2) is 65.4 Å². The summed E-state index contributed by atoms with van der Waals surface area (Å²) in [5.74, 6) is -6.80. The van der Waals surface area contributed by atoms with Gasteiger partial charge in [0.15, 0.2) is 17.7 Å². The van der Waals surface area contributed by atoms with Gasteiger partial charge in [0.1, 0.15) is 28.6 Å². The van der Waals surface area contributed by atoms with Gasteiger partial charge in [0, 0.05) is 24.5 Å². The average molecular weight is 628 g/mol. The molecule has 0 radical (unpaired) electrons. The minimum atomic E-state index is -4.01. The highest BCUT2D eigenvalue weighted by atomic mass is 31.2. The molecule has 0 aromatic heterocycles. The first-order valence-electron chi connectivity index (χ1n) is 13.8. The Morgan fingerprint density at radius 3 is 2.30 bits per heavy atom. The summed E-state index contributed by atoms with van der Waals surface area (Å²) in [4.78, 5) is 42.8. The number of Topliss-reactive ketones (excluding diaryl/α,β-unsaturated/α-hetero) is 3. The van der Waals surface area contributed by atoms with Crippen molar-refractivity contribution in [3.63, 3.8) is 0 Å². The standard InChI is InChI=1S/C31H34NO11P/c1-16(33)22-27(42-15-44(40,41-5)43-17-10-7-6-8-11-17)25(32(3)4)20-14-19-24(29(37)31(20,39)28(22)36)26(35)23-18(30(19,2)38)12-9-13-21(23)34/h6-13,19-20,25,34-35,38-39H,14-15H2,1-5H3. The van der Waals surface area contributed by atoms with Crippen LogP contribution in [-0.2, 0) is 33.8 Å². The lowest BCUT2D eigenvalue weighted by molar-refractivity contribution is -0.166. The van der Waals surface area contributed by atoms with Crippen LogP contribution in [0.25, 0.3) is 5.76 Å². The highest BCUT2D eigenvalue weighted by molar-refractivity contribution is 7.54. The van der Waals surface area contributed by atoms with Crippen molar-refractivity contribution in [1.82, 2.24) is 4.90 Å². The lowest BCUT2D eigenvalue weighted by atomic mass is 9.54. The number of carbonyl (C=O) groups excluding carboxylic acids is 3. The SMILES string of the molecule is COP(=O)(COC1=C(C(C)=O)C(=O)C2(O)C(=O)C3=C(O)c4c(O)cccc4C(C)(O)C3CC2C1N(C)C)Oc1ccccc1. The maximum absolute atomic E-state index is 14.2. The molecule has 234 valence electrons. The molecular formula is C31H34NO11P. The van der Waals surface area contributed by atoms with Crippen LogP contribution in [-0.4, -0.2) is 81.9 Å². The summed E-state index contributed by atoms with van der Waals surface area (Å²) in [5, 5.41) is 45.6. The molecule has 1 fully saturated rings. The van der Waals surface area contributed by atoms with E-state index in [1.165, 1.54) is 30.0 Å². The van der Waals surface area contributed by atoms with Gasteiger partial charge in [0.2, 0.25) is 11.6 Å². The number of phenols is 1. The summed E-state index contributed by atoms with van der Waals surface area (Å²) in [7, 11) is 0.305. The first-order valence-corrected chi connectivity index (χ1v) is 15.6. The Labute approximate surface area is 253 Å². The minimum absolute atomic E-state index is 0.154. The van der Waals surface area contributed by atoms with Crippen LogP contribution in [0.1, 0.15) is 31.4 Å². The molecule has 0 saturated heterocycles. The largest absolute Gasteiger partial charge is 0.507 e. The van der Waals surface area contributed by atoms with Crippen LogP contribution in [0.4, 0.5) is 0 Å². The van der Waals surface area contributed by atoms with Gasteiger partial charge >= 0.3 is 7.60 Å². The molecule has 2 aromatic carbocycles. The summed E-state index contributed by atoms with van der Waals surface area (Å²) < 4.78 is 30.2. The third-order valence-corrected chi connectivity index (χ3v) is 10.2. The molecule has 6 unspecified atom stereocenters. The number of likely N-dealkylation sites (N-methyl/N-ethyl adjacent to an activating group) is 1. The Balaban J connectivity index is 1.64. The van der Waals surface area contributed by atoms with Crippen molar-refractivity contribution < 1.29 is 53.2 Å². The molecular weight excluding hydrogens is 593 g/mol. The number of carbonyl (C=O) groups is 3. The maximum Gasteiger partial charge on any atom is 0.416 e. The molecule has 6 atom stereocenters. The number of benzene rings is 2. The van der Waals surface area contributed by atoms with Crippen LogP contribution in [0.5, 0.6) is 11.5 Å². The Hall–Kier alpha value is -3.80. The fraction of sp³-hybridized carbons (Fsp3) is 0.387. The van der Waals surface area contributed by atoms with Crippen LogP contribution in [0.2, 0.25) is 0 Å². The van der Waals surface area contributed by atoms with Gasteiger partial charge in [-0.15, -0.1) is 0 Å². The van der Waals surface area contributed by atoms with E-state index in [4.69, 9.17) is 13.8 Å². The van der Waals surface area contributed by atoms with Crippen LogP contribution in [0, 0.1) is 11.8 Å². The normalized spacial score (nSPS) is 29.5. The summed E-state index contributed by atoms with van der Waals surface area (Å²) in [6.45, 7) is 2.48. The number of ether oxygens (including phenoxy) is 1. The second-order valence-electron chi connectivity index (χ2n) is 11.6. The van der Waals surface area contributed by atoms with E-state index in [9.17, 15) is 39.4 Å². The zero-order chi connectivity index (χ0) is 32.4. The van der Waals surface area contributed by atoms with Gasteiger partial charge in [0.05, 0.1) is 17.2 Å². The predicted octanol–water partition coefficient (Wildman–Crippen LogP) is 3.07. The van der Waals surface area contributed by atoms with Crippen LogP contribution >= 0.6 is 7.60 Å². The zero-order valence-electron chi connectivity index (χ0n) is 24.8. The highest BCUT2D eigenvalue weighted by Gasteiger charge is 2.67. The number of hydrogen-bond donors (Lipinski definition) is 4. The molecule has 0 bridgehead atoms. The van der Waals surface area contributed by atoms with E-state index < -0.39 is 83.0 Å². The molecule has 0 amide bonds. The smallest absolute Gasteiger partial charge is 0.416 e. The van der Waals surface area contributed by atoms with Crippen molar-refractivity contribution >= 4 is 30.7 Å². The quantitative estimate of drug-likeness (QED) is 0.191. The summed E-state index contributed by atoms with van der Waals surface area (Å²) in [6.07, 6.45) is -0.945. The Morgan fingerprint density at radius 1 is 1.05 bits per heavy atom. The lowest BCUT2D eigenvalue weighted by Crippen LogP contribution is -2.68. The number of rotatable bonds is 8. The van der Waals surface area contributed by atoms with E-state index in [2.05, 4.69) is 0 Å². The summed E-state index contributed by atoms with van der Waals surface area (Å²) in [5.41, 5.74) is -5.75. The highest BCUT2D eigenvalue weighted by Crippen LogP contribution is 2.57.